The molecule has 7 heteroatoms. The second-order valence-corrected chi connectivity index (χ2v) is 5.79. The Morgan fingerprint density at radius 3 is 2.56 bits per heavy atom. The zero-order valence-electron chi connectivity index (χ0n) is 10.5. The van der Waals surface area contributed by atoms with Crippen LogP contribution < -0.4 is 16.2 Å². The van der Waals surface area contributed by atoms with E-state index >= 15 is 0 Å². The molecule has 0 unspecified atom stereocenters. The molecule has 6 nitrogen and oxygen atoms in total. The highest BCUT2D eigenvalue weighted by atomic mass is 32.2. The Morgan fingerprint density at radius 1 is 1.33 bits per heavy atom. The summed E-state index contributed by atoms with van der Waals surface area (Å²) in [5.41, 5.74) is 8.76. The SMILES string of the molecule is Cc1ccc(NC(N)=NCCS(N)(=O)=O)cc1C. The number of rotatable bonds is 4. The van der Waals surface area contributed by atoms with Gasteiger partial charge in [-0.2, -0.15) is 0 Å². The Morgan fingerprint density at radius 2 is 2.00 bits per heavy atom. The molecule has 0 radical (unpaired) electrons. The molecule has 0 amide bonds. The van der Waals surface area contributed by atoms with Gasteiger partial charge in [0, 0.05) is 5.69 Å². The fourth-order valence-electron chi connectivity index (χ4n) is 1.30. The van der Waals surface area contributed by atoms with Crippen LogP contribution in [0.5, 0.6) is 0 Å². The maximum Gasteiger partial charge on any atom is 0.210 e. The standard InChI is InChI=1S/C11H18N4O2S/c1-8-3-4-10(7-9(8)2)15-11(12)14-5-6-18(13,16)17/h3-4,7H,5-6H2,1-2H3,(H3,12,14,15)(H2,13,16,17). The molecule has 0 saturated heterocycles. The highest BCUT2D eigenvalue weighted by molar-refractivity contribution is 7.89. The van der Waals surface area contributed by atoms with Gasteiger partial charge in [-0.15, -0.1) is 0 Å². The summed E-state index contributed by atoms with van der Waals surface area (Å²) in [6.07, 6.45) is 0. The van der Waals surface area contributed by atoms with Crippen LogP contribution in [0.3, 0.4) is 0 Å². The molecule has 1 aromatic carbocycles. The third kappa shape index (κ3) is 5.15. The van der Waals surface area contributed by atoms with Gasteiger partial charge in [-0.05, 0) is 37.1 Å². The maximum atomic E-state index is 10.7. The summed E-state index contributed by atoms with van der Waals surface area (Å²) >= 11 is 0. The summed E-state index contributed by atoms with van der Waals surface area (Å²) in [5, 5.41) is 7.74. The molecule has 5 N–H and O–H groups in total. The Labute approximate surface area is 107 Å². The van der Waals surface area contributed by atoms with Gasteiger partial charge in [0.25, 0.3) is 0 Å². The van der Waals surface area contributed by atoms with E-state index in [-0.39, 0.29) is 18.3 Å². The lowest BCUT2D eigenvalue weighted by Crippen LogP contribution is -2.25. The smallest absolute Gasteiger partial charge is 0.210 e. The number of benzene rings is 1. The van der Waals surface area contributed by atoms with Crippen molar-refractivity contribution in [2.45, 2.75) is 13.8 Å². The summed E-state index contributed by atoms with van der Waals surface area (Å²) in [5.74, 6) is -0.0515. The second-order valence-electron chi connectivity index (χ2n) is 4.06. The lowest BCUT2D eigenvalue weighted by atomic mass is 10.1. The largest absolute Gasteiger partial charge is 0.370 e. The molecule has 1 aromatic rings. The van der Waals surface area contributed by atoms with Gasteiger partial charge < -0.3 is 11.1 Å². The minimum Gasteiger partial charge on any atom is -0.370 e. The number of nitrogens with two attached hydrogens (primary N) is 2. The number of aliphatic imine (C=N–C) groups is 1. The van der Waals surface area contributed by atoms with Gasteiger partial charge >= 0.3 is 0 Å². The van der Waals surface area contributed by atoms with E-state index in [0.717, 1.165) is 11.3 Å². The molecule has 0 spiro atoms. The number of nitrogens with zero attached hydrogens (tertiary/aromatic N) is 1. The predicted molar refractivity (Wildman–Crippen MR) is 74.0 cm³/mol. The number of guanidine groups is 1. The predicted octanol–water partition coefficient (Wildman–Crippen LogP) is 0.319. The summed E-state index contributed by atoms with van der Waals surface area (Å²) in [6, 6.07) is 5.79. The van der Waals surface area contributed by atoms with Crippen molar-refractivity contribution in [3.05, 3.63) is 29.3 Å². The Kier molecular flexibility index (Phi) is 4.69. The Bertz CT molecular complexity index is 552. The molecule has 0 bridgehead atoms. The zero-order chi connectivity index (χ0) is 13.8. The monoisotopic (exact) mass is 270 g/mol. The van der Waals surface area contributed by atoms with Crippen LogP contribution >= 0.6 is 0 Å². The molecule has 1 rings (SSSR count). The topological polar surface area (TPSA) is 111 Å². The fourth-order valence-corrected chi connectivity index (χ4v) is 1.65. The molecule has 100 valence electrons. The minimum atomic E-state index is -3.50. The second kappa shape index (κ2) is 5.83. The first-order valence-electron chi connectivity index (χ1n) is 5.42. The molecule has 0 heterocycles. The van der Waals surface area contributed by atoms with Gasteiger partial charge in [-0.1, -0.05) is 6.07 Å². The van der Waals surface area contributed by atoms with Crippen molar-refractivity contribution in [2.24, 2.45) is 15.9 Å². The number of primary sulfonamides is 1. The van der Waals surface area contributed by atoms with Crippen LogP contribution in [0.1, 0.15) is 11.1 Å². The molecule has 0 saturated carbocycles. The average molecular weight is 270 g/mol. The van der Waals surface area contributed by atoms with Crippen molar-refractivity contribution in [1.82, 2.24) is 0 Å². The minimum absolute atomic E-state index is 0.0442. The van der Waals surface area contributed by atoms with Crippen molar-refractivity contribution in [3.63, 3.8) is 0 Å². The lowest BCUT2D eigenvalue weighted by Gasteiger charge is -2.07. The Balaban J connectivity index is 2.61. The Hall–Kier alpha value is -1.60. The van der Waals surface area contributed by atoms with E-state index in [2.05, 4.69) is 10.3 Å². The van der Waals surface area contributed by atoms with E-state index in [9.17, 15) is 8.42 Å². The number of sulfonamides is 1. The number of nitrogens with one attached hydrogen (secondary N) is 1. The van der Waals surface area contributed by atoms with E-state index in [1.165, 1.54) is 5.56 Å². The molecular formula is C11H18N4O2S. The normalized spacial score (nSPS) is 12.5. The summed E-state index contributed by atoms with van der Waals surface area (Å²) in [7, 11) is -3.50. The number of hydrogen-bond donors (Lipinski definition) is 3. The average Bonchev–Trinajstić information content (AvgIpc) is 2.21. The van der Waals surface area contributed by atoms with Crippen LogP contribution in [0.25, 0.3) is 0 Å². The van der Waals surface area contributed by atoms with Crippen LogP contribution in [0.15, 0.2) is 23.2 Å². The van der Waals surface area contributed by atoms with Crippen molar-refractivity contribution in [1.29, 1.82) is 0 Å². The fraction of sp³-hybridized carbons (Fsp3) is 0.364. The molecule has 0 aliphatic rings. The number of hydrogen-bond acceptors (Lipinski definition) is 3. The van der Waals surface area contributed by atoms with Crippen molar-refractivity contribution >= 4 is 21.7 Å². The van der Waals surface area contributed by atoms with Gasteiger partial charge in [0.15, 0.2) is 5.96 Å². The molecule has 0 aliphatic carbocycles. The molecule has 0 aliphatic heterocycles. The quantitative estimate of drug-likeness (QED) is 0.540. The van der Waals surface area contributed by atoms with E-state index in [4.69, 9.17) is 10.9 Å². The highest BCUT2D eigenvalue weighted by Crippen LogP contribution is 2.13. The van der Waals surface area contributed by atoms with Gasteiger partial charge in [-0.25, -0.2) is 13.6 Å². The van der Waals surface area contributed by atoms with Gasteiger partial charge in [0.1, 0.15) is 0 Å². The van der Waals surface area contributed by atoms with Gasteiger partial charge in [-0.3, -0.25) is 4.99 Å². The van der Waals surface area contributed by atoms with Crippen LogP contribution in [-0.2, 0) is 10.0 Å². The van der Waals surface area contributed by atoms with Crippen LogP contribution in [0.4, 0.5) is 5.69 Å². The highest BCUT2D eigenvalue weighted by Gasteiger charge is 2.01. The third-order valence-corrected chi connectivity index (χ3v) is 3.19. The zero-order valence-corrected chi connectivity index (χ0v) is 11.3. The van der Waals surface area contributed by atoms with Crippen LogP contribution in [-0.4, -0.2) is 26.7 Å². The summed E-state index contributed by atoms with van der Waals surface area (Å²) < 4.78 is 21.4. The van der Waals surface area contributed by atoms with Crippen molar-refractivity contribution in [2.75, 3.05) is 17.6 Å². The molecular weight excluding hydrogens is 252 g/mol. The van der Waals surface area contributed by atoms with E-state index < -0.39 is 10.0 Å². The first-order chi connectivity index (χ1) is 8.28. The molecule has 0 fully saturated rings. The summed E-state index contributed by atoms with van der Waals surface area (Å²) in [6.45, 7) is 4.06. The van der Waals surface area contributed by atoms with E-state index in [1.807, 2.05) is 32.0 Å². The number of aryl methyl sites for hydroxylation is 2. The van der Waals surface area contributed by atoms with Gasteiger partial charge in [0.2, 0.25) is 10.0 Å². The lowest BCUT2D eigenvalue weighted by molar-refractivity contribution is 0.597. The van der Waals surface area contributed by atoms with Crippen molar-refractivity contribution in [3.8, 4) is 0 Å². The van der Waals surface area contributed by atoms with E-state index in [1.54, 1.807) is 0 Å². The summed E-state index contributed by atoms with van der Waals surface area (Å²) in [4.78, 5) is 3.88. The third-order valence-electron chi connectivity index (χ3n) is 2.44. The molecule has 0 atom stereocenters. The van der Waals surface area contributed by atoms with E-state index in [0.29, 0.717) is 0 Å². The van der Waals surface area contributed by atoms with Crippen LogP contribution in [0, 0.1) is 13.8 Å². The molecule has 0 aromatic heterocycles. The van der Waals surface area contributed by atoms with Crippen molar-refractivity contribution < 1.29 is 8.42 Å². The first-order valence-corrected chi connectivity index (χ1v) is 7.14. The number of anilines is 1. The maximum absolute atomic E-state index is 10.7. The van der Waals surface area contributed by atoms with Crippen LogP contribution in [0.2, 0.25) is 0 Å². The first kappa shape index (κ1) is 14.5. The molecule has 18 heavy (non-hydrogen) atoms. The van der Waals surface area contributed by atoms with Gasteiger partial charge in [0.05, 0.1) is 12.3 Å².